The molecular formula is C16H15Br2N3O3. The minimum Gasteiger partial charge on any atom is -0.297 e. The molecule has 4 unspecified atom stereocenters. The summed E-state index contributed by atoms with van der Waals surface area (Å²) in [4.78, 5) is 38.6. The quantitative estimate of drug-likeness (QED) is 0.615. The fourth-order valence-corrected chi connectivity index (χ4v) is 4.95. The first kappa shape index (κ1) is 16.1. The molecule has 4 atom stereocenters. The van der Waals surface area contributed by atoms with Crippen LogP contribution in [0.3, 0.4) is 0 Å². The van der Waals surface area contributed by atoms with E-state index in [4.69, 9.17) is 0 Å². The summed E-state index contributed by atoms with van der Waals surface area (Å²) in [5.41, 5.74) is -0.304. The zero-order chi connectivity index (χ0) is 17.0. The molecule has 126 valence electrons. The zero-order valence-corrected chi connectivity index (χ0v) is 15.8. The van der Waals surface area contributed by atoms with E-state index in [-0.39, 0.29) is 39.6 Å². The SMILES string of the molecule is O=C1Cn2c(=O)n(-c3ccccc3)c(=O)n2C2CC(Br)C(Br)CC12. The molecule has 24 heavy (non-hydrogen) atoms. The largest absolute Gasteiger partial charge is 0.352 e. The standard InChI is InChI=1S/C16H15Br2N3O3/c17-11-6-10-13(7-12(11)18)21-16(24)20(9-4-2-1-3-5-9)15(23)19(21)8-14(10)22/h1-5,10-13H,6-8H2. The monoisotopic (exact) mass is 455 g/mol. The Morgan fingerprint density at radius 1 is 0.917 bits per heavy atom. The van der Waals surface area contributed by atoms with Gasteiger partial charge in [0.1, 0.15) is 6.54 Å². The Hall–Kier alpha value is -1.41. The van der Waals surface area contributed by atoms with Gasteiger partial charge in [-0.25, -0.2) is 23.5 Å². The Bertz CT molecular complexity index is 915. The number of benzene rings is 1. The number of rotatable bonds is 1. The molecule has 8 heteroatoms. The van der Waals surface area contributed by atoms with Crippen molar-refractivity contribution >= 4 is 37.6 Å². The van der Waals surface area contributed by atoms with Crippen molar-refractivity contribution in [1.82, 2.24) is 13.9 Å². The average Bonchev–Trinajstić information content (AvgIpc) is 2.81. The summed E-state index contributed by atoms with van der Waals surface area (Å²) in [6, 6.07) is 8.54. The van der Waals surface area contributed by atoms with E-state index in [9.17, 15) is 14.4 Å². The predicted octanol–water partition coefficient (Wildman–Crippen LogP) is 1.86. The second-order valence-corrected chi connectivity index (χ2v) is 8.63. The molecule has 2 heterocycles. The summed E-state index contributed by atoms with van der Waals surface area (Å²) < 4.78 is 3.95. The molecule has 0 radical (unpaired) electrons. The van der Waals surface area contributed by atoms with Gasteiger partial charge in [-0.3, -0.25) is 4.79 Å². The van der Waals surface area contributed by atoms with Crippen LogP contribution in [0.15, 0.2) is 39.9 Å². The van der Waals surface area contributed by atoms with Crippen molar-refractivity contribution in [1.29, 1.82) is 0 Å². The summed E-state index contributed by atoms with van der Waals surface area (Å²) in [6.45, 7) is -0.0399. The summed E-state index contributed by atoms with van der Waals surface area (Å²) in [5.74, 6) is -0.205. The highest BCUT2D eigenvalue weighted by Gasteiger charge is 2.45. The highest BCUT2D eigenvalue weighted by atomic mass is 79.9. The lowest BCUT2D eigenvalue weighted by atomic mass is 9.80. The number of para-hydroxylation sites is 1. The van der Waals surface area contributed by atoms with Crippen molar-refractivity contribution < 1.29 is 4.79 Å². The van der Waals surface area contributed by atoms with Crippen LogP contribution in [0.1, 0.15) is 18.9 Å². The molecule has 1 aromatic heterocycles. The average molecular weight is 457 g/mol. The number of alkyl halides is 2. The van der Waals surface area contributed by atoms with Gasteiger partial charge in [0.25, 0.3) is 0 Å². The number of halogens is 2. The molecule has 1 saturated carbocycles. The van der Waals surface area contributed by atoms with Gasteiger partial charge < -0.3 is 0 Å². The van der Waals surface area contributed by atoms with Gasteiger partial charge in [-0.2, -0.15) is 0 Å². The highest BCUT2D eigenvalue weighted by Crippen LogP contribution is 2.41. The van der Waals surface area contributed by atoms with E-state index in [0.29, 0.717) is 18.5 Å². The second kappa shape index (κ2) is 5.84. The lowest BCUT2D eigenvalue weighted by molar-refractivity contribution is -0.129. The van der Waals surface area contributed by atoms with E-state index in [1.807, 2.05) is 6.07 Å². The Morgan fingerprint density at radius 2 is 1.58 bits per heavy atom. The van der Waals surface area contributed by atoms with Crippen LogP contribution in [0.2, 0.25) is 0 Å². The van der Waals surface area contributed by atoms with Crippen molar-refractivity contribution in [3.63, 3.8) is 0 Å². The summed E-state index contributed by atoms with van der Waals surface area (Å²) in [6.07, 6.45) is 1.29. The Morgan fingerprint density at radius 3 is 2.29 bits per heavy atom. The molecule has 0 bridgehead atoms. The van der Waals surface area contributed by atoms with Crippen molar-refractivity contribution in [2.45, 2.75) is 35.1 Å². The Labute approximate surface area is 154 Å². The van der Waals surface area contributed by atoms with E-state index >= 15 is 0 Å². The number of fused-ring (bicyclic) bond motifs is 3. The van der Waals surface area contributed by atoms with E-state index in [1.54, 1.807) is 24.3 Å². The molecular weight excluding hydrogens is 442 g/mol. The number of nitrogens with zero attached hydrogens (tertiary/aromatic N) is 3. The third-order valence-corrected chi connectivity index (χ3v) is 7.64. The van der Waals surface area contributed by atoms with Crippen LogP contribution in [0.5, 0.6) is 0 Å². The summed E-state index contributed by atoms with van der Waals surface area (Å²) >= 11 is 7.21. The van der Waals surface area contributed by atoms with Crippen LogP contribution < -0.4 is 11.4 Å². The molecule has 0 amide bonds. The summed E-state index contributed by atoms with van der Waals surface area (Å²) in [5, 5.41) is 0. The first-order chi connectivity index (χ1) is 11.5. The van der Waals surface area contributed by atoms with E-state index in [2.05, 4.69) is 31.9 Å². The van der Waals surface area contributed by atoms with Crippen LogP contribution >= 0.6 is 31.9 Å². The molecule has 2 aromatic rings. The van der Waals surface area contributed by atoms with Crippen molar-refractivity contribution in [2.75, 3.05) is 0 Å². The van der Waals surface area contributed by atoms with Gasteiger partial charge in [0, 0.05) is 15.6 Å². The molecule has 0 N–H and O–H groups in total. The molecule has 1 aliphatic carbocycles. The first-order valence-corrected chi connectivity index (χ1v) is 9.63. The van der Waals surface area contributed by atoms with Crippen LogP contribution in [0, 0.1) is 5.92 Å². The van der Waals surface area contributed by atoms with E-state index in [0.717, 1.165) is 4.57 Å². The third kappa shape index (κ3) is 2.30. The molecule has 1 fully saturated rings. The van der Waals surface area contributed by atoms with Gasteiger partial charge in [-0.1, -0.05) is 50.1 Å². The lowest BCUT2D eigenvalue weighted by Crippen LogP contribution is -2.49. The molecule has 0 spiro atoms. The molecule has 1 aromatic carbocycles. The van der Waals surface area contributed by atoms with Gasteiger partial charge in [-0.05, 0) is 25.0 Å². The number of carbonyl (C=O) groups excluding carboxylic acids is 1. The van der Waals surface area contributed by atoms with Gasteiger partial charge in [0.2, 0.25) is 0 Å². The molecule has 4 rings (SSSR count). The lowest BCUT2D eigenvalue weighted by Gasteiger charge is -2.39. The smallest absolute Gasteiger partial charge is 0.297 e. The number of aromatic nitrogens is 3. The molecule has 1 aliphatic heterocycles. The highest BCUT2D eigenvalue weighted by molar-refractivity contribution is 9.12. The van der Waals surface area contributed by atoms with Crippen LogP contribution in [-0.4, -0.2) is 29.4 Å². The second-order valence-electron chi connectivity index (χ2n) is 6.28. The molecule has 0 saturated heterocycles. The number of Topliss-reactive ketones (excluding diaryl/α,β-unsaturated/α-hetero) is 1. The van der Waals surface area contributed by atoms with Gasteiger partial charge in [0.05, 0.1) is 11.7 Å². The zero-order valence-electron chi connectivity index (χ0n) is 12.6. The van der Waals surface area contributed by atoms with Gasteiger partial charge in [0.15, 0.2) is 5.78 Å². The Balaban J connectivity index is 1.91. The van der Waals surface area contributed by atoms with Crippen molar-refractivity contribution in [3.8, 4) is 5.69 Å². The van der Waals surface area contributed by atoms with Crippen molar-refractivity contribution in [2.24, 2.45) is 5.92 Å². The minimum absolute atomic E-state index is 0.0242. The normalized spacial score (nSPS) is 29.2. The fourth-order valence-electron chi connectivity index (χ4n) is 3.73. The van der Waals surface area contributed by atoms with Crippen molar-refractivity contribution in [3.05, 3.63) is 51.3 Å². The van der Waals surface area contributed by atoms with Gasteiger partial charge >= 0.3 is 11.4 Å². The number of carbonyl (C=O) groups is 1. The number of ketones is 1. The van der Waals surface area contributed by atoms with E-state index in [1.165, 1.54) is 9.36 Å². The predicted molar refractivity (Wildman–Crippen MR) is 96.5 cm³/mol. The minimum atomic E-state index is -0.454. The fraction of sp³-hybridized carbons (Fsp3) is 0.438. The molecule has 6 nitrogen and oxygen atoms in total. The van der Waals surface area contributed by atoms with Gasteiger partial charge in [-0.15, -0.1) is 0 Å². The maximum Gasteiger partial charge on any atom is 0.352 e. The topological polar surface area (TPSA) is 66.0 Å². The first-order valence-electron chi connectivity index (χ1n) is 7.79. The van der Waals surface area contributed by atoms with Crippen LogP contribution in [0.4, 0.5) is 0 Å². The maximum atomic E-state index is 13.0. The summed E-state index contributed by atoms with van der Waals surface area (Å²) in [7, 11) is 0. The third-order valence-electron chi connectivity index (χ3n) is 4.91. The van der Waals surface area contributed by atoms with Crippen LogP contribution in [0.25, 0.3) is 5.69 Å². The van der Waals surface area contributed by atoms with Crippen LogP contribution in [-0.2, 0) is 11.3 Å². The number of hydrogen-bond acceptors (Lipinski definition) is 3. The number of hydrogen-bond donors (Lipinski definition) is 0. The molecule has 2 aliphatic rings. The van der Waals surface area contributed by atoms with E-state index < -0.39 is 5.69 Å². The Kier molecular flexibility index (Phi) is 3.91. The maximum absolute atomic E-state index is 13.0.